The molecule has 2 atom stereocenters. The van der Waals surface area contributed by atoms with Crippen LogP contribution in [0.15, 0.2) is 94.9 Å². The van der Waals surface area contributed by atoms with E-state index in [4.69, 9.17) is 28.9 Å². The van der Waals surface area contributed by atoms with Crippen molar-refractivity contribution < 1.29 is 18.9 Å². The van der Waals surface area contributed by atoms with Crippen LogP contribution in [0.4, 0.5) is 0 Å². The SMILES string of the molecule is Cc1cc(C2=N[C@H](c3ccccc3)CO2)c2c(c1)C(C)(C)CC1(CC(C)(C)c3cc(C)cc(C4=N[C@H](c5ccccc5)CO4)c3O1)O2. The zero-order valence-corrected chi connectivity index (χ0v) is 28.1. The summed E-state index contributed by atoms with van der Waals surface area (Å²) in [6.45, 7) is 14.4. The zero-order valence-electron chi connectivity index (χ0n) is 28.1. The highest BCUT2D eigenvalue weighted by atomic mass is 16.7. The van der Waals surface area contributed by atoms with Crippen LogP contribution in [0.3, 0.4) is 0 Å². The van der Waals surface area contributed by atoms with Crippen LogP contribution in [0.25, 0.3) is 0 Å². The third-order valence-electron chi connectivity index (χ3n) is 10.1. The van der Waals surface area contributed by atoms with Gasteiger partial charge in [-0.3, -0.25) is 0 Å². The lowest BCUT2D eigenvalue weighted by Gasteiger charge is -2.52. The minimum Gasteiger partial charge on any atom is -0.475 e. The molecule has 0 radical (unpaired) electrons. The summed E-state index contributed by atoms with van der Waals surface area (Å²) < 4.78 is 27.0. The molecule has 0 N–H and O–H groups in total. The third-order valence-corrected chi connectivity index (χ3v) is 10.1. The van der Waals surface area contributed by atoms with Gasteiger partial charge in [-0.05, 0) is 48.2 Å². The molecule has 0 aromatic heterocycles. The fourth-order valence-corrected chi connectivity index (χ4v) is 7.96. The first kappa shape index (κ1) is 29.8. The number of ether oxygens (including phenoxy) is 4. The van der Waals surface area contributed by atoms with Gasteiger partial charge >= 0.3 is 0 Å². The molecule has 4 aliphatic heterocycles. The Hall–Kier alpha value is -4.58. The number of aliphatic imine (C=N–C) groups is 2. The van der Waals surface area contributed by atoms with Crippen LogP contribution in [0.1, 0.15) is 97.1 Å². The van der Waals surface area contributed by atoms with E-state index >= 15 is 0 Å². The summed E-state index contributed by atoms with van der Waals surface area (Å²) in [6.07, 6.45) is 1.37. The van der Waals surface area contributed by atoms with E-state index in [1.807, 2.05) is 36.4 Å². The van der Waals surface area contributed by atoms with E-state index in [-0.39, 0.29) is 22.9 Å². The minimum atomic E-state index is -0.920. The molecule has 6 heteroatoms. The van der Waals surface area contributed by atoms with Gasteiger partial charge in [-0.2, -0.15) is 0 Å². The van der Waals surface area contributed by atoms with Crippen molar-refractivity contribution in [3.05, 3.63) is 129 Å². The monoisotopic (exact) mass is 626 g/mol. The standard InChI is InChI=1S/C41H42N2O4/c1-25-17-29(37-42-33(21-44-37)27-13-9-7-10-14-27)35-31(19-25)39(3,4)23-41(46-35)24-40(5,6)32-20-26(2)18-30(36(32)47-41)38-43-34(22-45-38)28-15-11-8-12-16-28/h7-20,33-34H,21-24H2,1-6H3/t33-,34-,41?/m0/s1. The average Bonchev–Trinajstić information content (AvgIpc) is 3.73. The molecule has 6 nitrogen and oxygen atoms in total. The lowest BCUT2D eigenvalue weighted by molar-refractivity contribution is -0.166. The summed E-state index contributed by atoms with van der Waals surface area (Å²) in [6, 6.07) is 29.3. The Balaban J connectivity index is 1.22. The Labute approximate surface area is 277 Å². The van der Waals surface area contributed by atoms with Gasteiger partial charge in [0.1, 0.15) is 36.8 Å². The first-order chi connectivity index (χ1) is 22.5. The summed E-state index contributed by atoms with van der Waals surface area (Å²) in [5.74, 6) is 1.92. The number of nitrogens with zero attached hydrogens (tertiary/aromatic N) is 2. The molecule has 8 rings (SSSR count). The van der Waals surface area contributed by atoms with Crippen molar-refractivity contribution in [2.24, 2.45) is 9.98 Å². The summed E-state index contributed by atoms with van der Waals surface area (Å²) in [5.41, 5.74) is 8.17. The predicted molar refractivity (Wildman–Crippen MR) is 185 cm³/mol. The molecule has 4 heterocycles. The maximum Gasteiger partial charge on any atom is 0.253 e. The molecule has 47 heavy (non-hydrogen) atoms. The first-order valence-corrected chi connectivity index (χ1v) is 16.7. The van der Waals surface area contributed by atoms with Gasteiger partial charge in [-0.15, -0.1) is 0 Å². The van der Waals surface area contributed by atoms with Crippen molar-refractivity contribution >= 4 is 11.8 Å². The molecule has 0 fully saturated rings. The minimum absolute atomic E-state index is 0.0534. The molecule has 0 saturated carbocycles. The second-order valence-corrected chi connectivity index (χ2v) is 15.0. The smallest absolute Gasteiger partial charge is 0.253 e. The number of aryl methyl sites for hydroxylation is 2. The Kier molecular flexibility index (Phi) is 6.80. The number of hydrogen-bond acceptors (Lipinski definition) is 6. The molecule has 4 aliphatic rings. The van der Waals surface area contributed by atoms with Crippen LogP contribution >= 0.6 is 0 Å². The molecule has 0 amide bonds. The van der Waals surface area contributed by atoms with Gasteiger partial charge in [0.15, 0.2) is 0 Å². The van der Waals surface area contributed by atoms with Crippen LogP contribution in [0.2, 0.25) is 0 Å². The molecule has 4 aromatic rings. The van der Waals surface area contributed by atoms with E-state index in [1.54, 1.807) is 0 Å². The van der Waals surface area contributed by atoms with Crippen LogP contribution in [-0.2, 0) is 20.3 Å². The Morgan fingerprint density at radius 2 is 0.979 bits per heavy atom. The second-order valence-electron chi connectivity index (χ2n) is 15.0. The van der Waals surface area contributed by atoms with Gasteiger partial charge in [-0.1, -0.05) is 100 Å². The zero-order chi connectivity index (χ0) is 32.6. The molecule has 0 unspecified atom stereocenters. The molecule has 4 aromatic carbocycles. The average molecular weight is 627 g/mol. The molecule has 0 saturated heterocycles. The lowest BCUT2D eigenvalue weighted by Crippen LogP contribution is -2.56. The van der Waals surface area contributed by atoms with Crippen molar-refractivity contribution in [1.29, 1.82) is 0 Å². The van der Waals surface area contributed by atoms with E-state index < -0.39 is 5.79 Å². The topological polar surface area (TPSA) is 61.6 Å². The highest BCUT2D eigenvalue weighted by Gasteiger charge is 2.55. The van der Waals surface area contributed by atoms with Crippen LogP contribution in [0, 0.1) is 13.8 Å². The van der Waals surface area contributed by atoms with Crippen LogP contribution in [0.5, 0.6) is 11.5 Å². The molecule has 0 aliphatic carbocycles. The predicted octanol–water partition coefficient (Wildman–Crippen LogP) is 8.86. The third kappa shape index (κ3) is 5.18. The highest BCUT2D eigenvalue weighted by Crippen LogP contribution is 2.56. The molecule has 0 bridgehead atoms. The van der Waals surface area contributed by atoms with E-state index in [0.717, 1.165) is 56.0 Å². The number of hydrogen-bond donors (Lipinski definition) is 0. The van der Waals surface area contributed by atoms with Crippen LogP contribution < -0.4 is 9.47 Å². The van der Waals surface area contributed by atoms with Crippen LogP contribution in [-0.4, -0.2) is 30.8 Å². The van der Waals surface area contributed by atoms with Gasteiger partial charge < -0.3 is 18.9 Å². The summed E-state index contributed by atoms with van der Waals surface area (Å²) >= 11 is 0. The van der Waals surface area contributed by atoms with Crippen molar-refractivity contribution in [3.63, 3.8) is 0 Å². The quantitative estimate of drug-likeness (QED) is 0.227. The number of fused-ring (bicyclic) bond motifs is 2. The highest BCUT2D eigenvalue weighted by molar-refractivity contribution is 5.99. The van der Waals surface area contributed by atoms with Gasteiger partial charge in [0.05, 0.1) is 11.1 Å². The molecule has 1 spiro atoms. The van der Waals surface area contributed by atoms with Gasteiger partial charge in [0.2, 0.25) is 11.8 Å². The molecule has 240 valence electrons. The Morgan fingerprint density at radius 3 is 1.38 bits per heavy atom. The van der Waals surface area contributed by atoms with Gasteiger partial charge in [0.25, 0.3) is 5.79 Å². The van der Waals surface area contributed by atoms with Crippen molar-refractivity contribution in [2.75, 3.05) is 13.2 Å². The number of benzene rings is 4. The Bertz CT molecular complexity index is 1790. The second kappa shape index (κ2) is 10.7. The van der Waals surface area contributed by atoms with E-state index in [2.05, 4.69) is 90.1 Å². The van der Waals surface area contributed by atoms with Crippen molar-refractivity contribution in [1.82, 2.24) is 0 Å². The van der Waals surface area contributed by atoms with Gasteiger partial charge in [0, 0.05) is 34.8 Å². The fraction of sp³-hybridized carbons (Fsp3) is 0.366. The number of rotatable bonds is 4. The fourth-order valence-electron chi connectivity index (χ4n) is 7.96. The Morgan fingerprint density at radius 1 is 0.574 bits per heavy atom. The van der Waals surface area contributed by atoms with E-state index in [1.165, 1.54) is 0 Å². The maximum absolute atomic E-state index is 7.20. The normalized spacial score (nSPS) is 22.9. The maximum atomic E-state index is 7.20. The van der Waals surface area contributed by atoms with Gasteiger partial charge in [-0.25, -0.2) is 9.98 Å². The van der Waals surface area contributed by atoms with E-state index in [9.17, 15) is 0 Å². The lowest BCUT2D eigenvalue weighted by atomic mass is 9.68. The first-order valence-electron chi connectivity index (χ1n) is 16.7. The summed E-state index contributed by atoms with van der Waals surface area (Å²) in [7, 11) is 0. The summed E-state index contributed by atoms with van der Waals surface area (Å²) in [4.78, 5) is 10.1. The van der Waals surface area contributed by atoms with Crippen molar-refractivity contribution in [3.8, 4) is 11.5 Å². The largest absolute Gasteiger partial charge is 0.475 e. The van der Waals surface area contributed by atoms with E-state index in [0.29, 0.717) is 37.9 Å². The molecular weight excluding hydrogens is 584 g/mol. The van der Waals surface area contributed by atoms with Crippen molar-refractivity contribution in [2.45, 2.75) is 83.1 Å². The molecular formula is C41H42N2O4. The summed E-state index contributed by atoms with van der Waals surface area (Å²) in [5, 5.41) is 0.